The zero-order valence-corrected chi connectivity index (χ0v) is 16.0. The van der Waals surface area contributed by atoms with Crippen LogP contribution in [0.4, 0.5) is 4.39 Å². The van der Waals surface area contributed by atoms with E-state index in [1.165, 1.54) is 17.8 Å². The van der Waals surface area contributed by atoms with Crippen LogP contribution < -0.4 is 5.32 Å². The Balaban J connectivity index is 1.50. The van der Waals surface area contributed by atoms with Crippen LogP contribution in [0.5, 0.6) is 0 Å². The summed E-state index contributed by atoms with van der Waals surface area (Å²) in [7, 11) is 0. The zero-order valence-electron chi connectivity index (χ0n) is 15.2. The standard InChI is InChI=1S/C20H24FN3O2S/c21-18-7-2-1-5-16(18)15-27-20-17(6-3-8-23-20)19(25)22-9-4-10-24-11-13-26-14-12-24/h1-3,5-8H,4,9-15H2,(H,22,25). The lowest BCUT2D eigenvalue weighted by atomic mass is 10.2. The van der Waals surface area contributed by atoms with Gasteiger partial charge in [0.2, 0.25) is 0 Å². The summed E-state index contributed by atoms with van der Waals surface area (Å²) in [5.74, 6) is 0.0530. The highest BCUT2D eigenvalue weighted by Gasteiger charge is 2.14. The predicted molar refractivity (Wildman–Crippen MR) is 104 cm³/mol. The molecule has 1 aromatic heterocycles. The fraction of sp³-hybridized carbons (Fsp3) is 0.400. The maximum atomic E-state index is 13.8. The summed E-state index contributed by atoms with van der Waals surface area (Å²) in [6.45, 7) is 5.03. The second-order valence-electron chi connectivity index (χ2n) is 6.30. The third-order valence-corrected chi connectivity index (χ3v) is 5.43. The van der Waals surface area contributed by atoms with Gasteiger partial charge in [0.25, 0.3) is 5.91 Å². The number of carbonyl (C=O) groups is 1. The summed E-state index contributed by atoms with van der Waals surface area (Å²) in [4.78, 5) is 19.2. The number of nitrogens with zero attached hydrogens (tertiary/aromatic N) is 2. The van der Waals surface area contributed by atoms with Gasteiger partial charge in [-0.1, -0.05) is 18.2 Å². The summed E-state index contributed by atoms with van der Waals surface area (Å²) in [6, 6.07) is 10.2. The Morgan fingerprint density at radius 1 is 1.22 bits per heavy atom. The topological polar surface area (TPSA) is 54.5 Å². The lowest BCUT2D eigenvalue weighted by Crippen LogP contribution is -2.38. The van der Waals surface area contributed by atoms with Gasteiger partial charge in [-0.3, -0.25) is 9.69 Å². The van der Waals surface area contributed by atoms with Crippen LogP contribution in [-0.2, 0) is 10.5 Å². The summed E-state index contributed by atoms with van der Waals surface area (Å²) in [5, 5.41) is 3.58. The lowest BCUT2D eigenvalue weighted by molar-refractivity contribution is 0.0374. The largest absolute Gasteiger partial charge is 0.379 e. The van der Waals surface area contributed by atoms with Crippen LogP contribution in [0.3, 0.4) is 0 Å². The number of aromatic nitrogens is 1. The summed E-state index contributed by atoms with van der Waals surface area (Å²) in [5.41, 5.74) is 1.13. The van der Waals surface area contributed by atoms with Gasteiger partial charge in [0, 0.05) is 31.6 Å². The normalized spacial score (nSPS) is 14.9. The first kappa shape index (κ1) is 19.8. The minimum atomic E-state index is -0.241. The number of thioether (sulfide) groups is 1. The van der Waals surface area contributed by atoms with Crippen LogP contribution in [0.2, 0.25) is 0 Å². The molecular weight excluding hydrogens is 365 g/mol. The van der Waals surface area contributed by atoms with Crippen LogP contribution in [-0.4, -0.2) is 55.2 Å². The number of halogens is 1. The van der Waals surface area contributed by atoms with E-state index in [0.717, 1.165) is 39.3 Å². The van der Waals surface area contributed by atoms with Crippen molar-refractivity contribution in [2.45, 2.75) is 17.2 Å². The molecule has 0 radical (unpaired) electrons. The molecule has 1 fully saturated rings. The van der Waals surface area contributed by atoms with E-state index >= 15 is 0 Å². The van der Waals surface area contributed by atoms with Gasteiger partial charge in [-0.15, -0.1) is 11.8 Å². The van der Waals surface area contributed by atoms with Crippen molar-refractivity contribution in [2.24, 2.45) is 0 Å². The van der Waals surface area contributed by atoms with Gasteiger partial charge in [-0.2, -0.15) is 0 Å². The van der Waals surface area contributed by atoms with Crippen molar-refractivity contribution < 1.29 is 13.9 Å². The molecule has 2 heterocycles. The van der Waals surface area contributed by atoms with Crippen molar-refractivity contribution >= 4 is 17.7 Å². The molecule has 1 aliphatic heterocycles. The van der Waals surface area contributed by atoms with Gasteiger partial charge in [-0.25, -0.2) is 9.37 Å². The maximum Gasteiger partial charge on any atom is 0.254 e. The van der Waals surface area contributed by atoms with Crippen LogP contribution in [0, 0.1) is 5.82 Å². The molecule has 0 atom stereocenters. The number of benzene rings is 1. The van der Waals surface area contributed by atoms with Crippen molar-refractivity contribution in [3.63, 3.8) is 0 Å². The molecule has 144 valence electrons. The Bertz CT molecular complexity index is 754. The number of pyridine rings is 1. The first-order valence-electron chi connectivity index (χ1n) is 9.13. The number of ether oxygens (including phenoxy) is 1. The molecule has 1 aromatic carbocycles. The minimum Gasteiger partial charge on any atom is -0.379 e. The van der Waals surface area contributed by atoms with Gasteiger partial charge < -0.3 is 10.1 Å². The molecule has 1 amide bonds. The Kier molecular flexibility index (Phi) is 7.62. The van der Waals surface area contributed by atoms with E-state index in [1.54, 1.807) is 36.5 Å². The average Bonchev–Trinajstić information content (AvgIpc) is 2.71. The summed E-state index contributed by atoms with van der Waals surface area (Å²) < 4.78 is 19.1. The lowest BCUT2D eigenvalue weighted by Gasteiger charge is -2.26. The van der Waals surface area contributed by atoms with E-state index in [2.05, 4.69) is 15.2 Å². The van der Waals surface area contributed by atoms with Crippen molar-refractivity contribution in [3.8, 4) is 0 Å². The number of rotatable bonds is 8. The Morgan fingerprint density at radius 2 is 2.04 bits per heavy atom. The van der Waals surface area contributed by atoms with Gasteiger partial charge in [0.15, 0.2) is 0 Å². The van der Waals surface area contributed by atoms with Crippen molar-refractivity contribution in [1.82, 2.24) is 15.2 Å². The number of morpholine rings is 1. The molecule has 0 spiro atoms. The van der Waals surface area contributed by atoms with E-state index in [1.807, 2.05) is 0 Å². The summed E-state index contributed by atoms with van der Waals surface area (Å²) in [6.07, 6.45) is 2.54. The van der Waals surface area contributed by atoms with E-state index in [-0.39, 0.29) is 11.7 Å². The Labute approximate surface area is 163 Å². The molecule has 5 nitrogen and oxygen atoms in total. The van der Waals surface area contributed by atoms with Crippen LogP contribution in [0.25, 0.3) is 0 Å². The second-order valence-corrected chi connectivity index (χ2v) is 7.26. The van der Waals surface area contributed by atoms with Crippen LogP contribution >= 0.6 is 11.8 Å². The molecule has 0 unspecified atom stereocenters. The smallest absolute Gasteiger partial charge is 0.254 e. The van der Waals surface area contributed by atoms with Gasteiger partial charge in [0.05, 0.1) is 18.8 Å². The molecule has 0 aliphatic carbocycles. The Morgan fingerprint density at radius 3 is 2.85 bits per heavy atom. The molecule has 1 N–H and O–H groups in total. The quantitative estimate of drug-likeness (QED) is 0.556. The first-order valence-corrected chi connectivity index (χ1v) is 10.1. The number of hydrogen-bond acceptors (Lipinski definition) is 5. The van der Waals surface area contributed by atoms with Crippen molar-refractivity contribution in [2.75, 3.05) is 39.4 Å². The summed E-state index contributed by atoms with van der Waals surface area (Å²) >= 11 is 1.37. The number of carbonyl (C=O) groups excluding carboxylic acids is 1. The first-order chi connectivity index (χ1) is 13.2. The highest BCUT2D eigenvalue weighted by molar-refractivity contribution is 7.98. The minimum absolute atomic E-state index is 0.138. The van der Waals surface area contributed by atoms with E-state index < -0.39 is 0 Å². The van der Waals surface area contributed by atoms with E-state index in [0.29, 0.717) is 28.5 Å². The molecular formula is C20H24FN3O2S. The second kappa shape index (κ2) is 10.4. The van der Waals surface area contributed by atoms with Crippen LogP contribution in [0.15, 0.2) is 47.6 Å². The fourth-order valence-corrected chi connectivity index (χ4v) is 3.84. The number of nitrogens with one attached hydrogen (secondary N) is 1. The number of amides is 1. The predicted octanol–water partition coefficient (Wildman–Crippen LogP) is 2.97. The number of hydrogen-bond donors (Lipinski definition) is 1. The Hall–Kier alpha value is -1.96. The van der Waals surface area contributed by atoms with Crippen molar-refractivity contribution in [1.29, 1.82) is 0 Å². The highest BCUT2D eigenvalue weighted by atomic mass is 32.2. The monoisotopic (exact) mass is 389 g/mol. The molecule has 0 saturated carbocycles. The third-order valence-electron chi connectivity index (χ3n) is 4.38. The fourth-order valence-electron chi connectivity index (χ4n) is 2.86. The van der Waals surface area contributed by atoms with Gasteiger partial charge in [-0.05, 0) is 36.7 Å². The third kappa shape index (κ3) is 6.02. The van der Waals surface area contributed by atoms with E-state index in [4.69, 9.17) is 4.74 Å². The van der Waals surface area contributed by atoms with Gasteiger partial charge >= 0.3 is 0 Å². The molecule has 3 rings (SSSR count). The van der Waals surface area contributed by atoms with Gasteiger partial charge in [0.1, 0.15) is 10.8 Å². The SMILES string of the molecule is O=C(NCCCN1CCOCC1)c1cccnc1SCc1ccccc1F. The zero-order chi connectivity index (χ0) is 18.9. The van der Waals surface area contributed by atoms with Crippen molar-refractivity contribution in [3.05, 3.63) is 59.5 Å². The van der Waals surface area contributed by atoms with E-state index in [9.17, 15) is 9.18 Å². The maximum absolute atomic E-state index is 13.8. The van der Waals surface area contributed by atoms with Crippen LogP contribution in [0.1, 0.15) is 22.3 Å². The molecule has 2 aromatic rings. The average molecular weight is 389 g/mol. The molecule has 27 heavy (non-hydrogen) atoms. The molecule has 7 heteroatoms. The molecule has 0 bridgehead atoms. The molecule has 1 aliphatic rings. The highest BCUT2D eigenvalue weighted by Crippen LogP contribution is 2.25. The molecule has 1 saturated heterocycles.